The predicted octanol–water partition coefficient (Wildman–Crippen LogP) is 2.73. The van der Waals surface area contributed by atoms with E-state index in [9.17, 15) is 14.4 Å². The molecule has 1 spiro atoms. The number of hydrogen-bond donors (Lipinski definition) is 1. The number of nitrogens with zero attached hydrogens (tertiary/aromatic N) is 2. The Bertz CT molecular complexity index is 1140. The van der Waals surface area contributed by atoms with Gasteiger partial charge >= 0.3 is 0 Å². The molecule has 3 saturated heterocycles. The van der Waals surface area contributed by atoms with Crippen LogP contribution in [0.15, 0.2) is 42.5 Å². The molecule has 4 heterocycles. The highest BCUT2D eigenvalue weighted by Gasteiger charge is 2.74. The first-order valence-corrected chi connectivity index (χ1v) is 11.0. The lowest BCUT2D eigenvalue weighted by Gasteiger charge is -2.36. The highest BCUT2D eigenvalue weighted by molar-refractivity contribution is 6.15. The van der Waals surface area contributed by atoms with Crippen molar-refractivity contribution in [1.29, 1.82) is 0 Å². The van der Waals surface area contributed by atoms with Gasteiger partial charge in [-0.2, -0.15) is 0 Å². The molecule has 4 aliphatic rings. The molecule has 6 heteroatoms. The molecule has 1 N–H and O–H groups in total. The minimum absolute atomic E-state index is 0.0690. The first kappa shape index (κ1) is 18.8. The second kappa shape index (κ2) is 6.26. The molecule has 0 bridgehead atoms. The lowest BCUT2D eigenvalue weighted by atomic mass is 9.75. The molecule has 6 nitrogen and oxygen atoms in total. The molecular weight excluding hydrogens is 390 g/mol. The largest absolute Gasteiger partial charge is 0.324 e. The molecule has 4 aliphatic heterocycles. The van der Waals surface area contributed by atoms with Gasteiger partial charge in [0, 0.05) is 17.3 Å². The van der Waals surface area contributed by atoms with Crippen LogP contribution < -0.4 is 5.32 Å². The van der Waals surface area contributed by atoms with Crippen LogP contribution in [-0.4, -0.2) is 40.1 Å². The summed E-state index contributed by atoms with van der Waals surface area (Å²) in [5.74, 6) is -1.63. The van der Waals surface area contributed by atoms with Crippen LogP contribution in [0.2, 0.25) is 0 Å². The Kier molecular flexibility index (Phi) is 3.79. The van der Waals surface area contributed by atoms with E-state index in [1.807, 2.05) is 56.3 Å². The van der Waals surface area contributed by atoms with Gasteiger partial charge in [-0.05, 0) is 49.9 Å². The third-order valence-corrected chi connectivity index (χ3v) is 7.97. The molecule has 3 amide bonds. The highest BCUT2D eigenvalue weighted by Crippen LogP contribution is 2.60. The Morgan fingerprint density at radius 2 is 1.81 bits per heavy atom. The summed E-state index contributed by atoms with van der Waals surface area (Å²) in [6.07, 6.45) is 1.78. The lowest BCUT2D eigenvalue weighted by molar-refractivity contribution is -0.146. The summed E-state index contributed by atoms with van der Waals surface area (Å²) in [6.45, 7) is 5.02. The molecule has 0 aliphatic carbocycles. The minimum Gasteiger partial charge on any atom is -0.324 e. The van der Waals surface area contributed by atoms with E-state index in [2.05, 4.69) is 10.2 Å². The molecule has 0 saturated carbocycles. The molecule has 0 aromatic heterocycles. The number of amides is 3. The zero-order valence-corrected chi connectivity index (χ0v) is 17.7. The maximum absolute atomic E-state index is 13.8. The van der Waals surface area contributed by atoms with Crippen LogP contribution in [0.1, 0.15) is 35.1 Å². The predicted molar refractivity (Wildman–Crippen MR) is 115 cm³/mol. The van der Waals surface area contributed by atoms with Crippen LogP contribution in [0, 0.1) is 25.7 Å². The smallest absolute Gasteiger partial charge is 0.250 e. The van der Waals surface area contributed by atoms with Crippen molar-refractivity contribution in [2.45, 2.75) is 44.8 Å². The maximum atomic E-state index is 13.8. The van der Waals surface area contributed by atoms with E-state index < -0.39 is 17.4 Å². The number of hydrogen-bond acceptors (Lipinski definition) is 4. The summed E-state index contributed by atoms with van der Waals surface area (Å²) in [4.78, 5) is 44.6. The van der Waals surface area contributed by atoms with E-state index in [0.717, 1.165) is 47.3 Å². The number of likely N-dealkylation sites (tertiary alicyclic amines) is 1. The number of benzene rings is 2. The summed E-state index contributed by atoms with van der Waals surface area (Å²) >= 11 is 0. The molecule has 3 fully saturated rings. The monoisotopic (exact) mass is 415 g/mol. The van der Waals surface area contributed by atoms with E-state index in [1.165, 1.54) is 4.90 Å². The van der Waals surface area contributed by atoms with E-state index in [-0.39, 0.29) is 30.3 Å². The Labute approximate surface area is 181 Å². The molecule has 2 aromatic rings. The van der Waals surface area contributed by atoms with E-state index in [1.54, 1.807) is 0 Å². The van der Waals surface area contributed by atoms with Crippen molar-refractivity contribution in [3.63, 3.8) is 0 Å². The van der Waals surface area contributed by atoms with Crippen LogP contribution in [0.4, 0.5) is 5.69 Å². The van der Waals surface area contributed by atoms with E-state index in [4.69, 9.17) is 0 Å². The van der Waals surface area contributed by atoms with Crippen LogP contribution in [0.5, 0.6) is 0 Å². The quantitative estimate of drug-likeness (QED) is 0.766. The second-order valence-corrected chi connectivity index (χ2v) is 9.31. The van der Waals surface area contributed by atoms with Gasteiger partial charge in [-0.3, -0.25) is 24.2 Å². The van der Waals surface area contributed by atoms with E-state index >= 15 is 0 Å². The highest BCUT2D eigenvalue weighted by atomic mass is 16.2. The summed E-state index contributed by atoms with van der Waals surface area (Å²) < 4.78 is 0. The summed E-state index contributed by atoms with van der Waals surface area (Å²) in [5.41, 5.74) is 3.64. The third kappa shape index (κ3) is 2.18. The molecule has 0 unspecified atom stereocenters. The Hall–Kier alpha value is -2.99. The topological polar surface area (TPSA) is 69.7 Å². The van der Waals surface area contributed by atoms with Gasteiger partial charge in [0.1, 0.15) is 5.54 Å². The van der Waals surface area contributed by atoms with Crippen molar-refractivity contribution >= 4 is 23.4 Å². The molecule has 4 atom stereocenters. The van der Waals surface area contributed by atoms with Crippen LogP contribution in [-0.2, 0) is 26.5 Å². The zero-order valence-electron chi connectivity index (χ0n) is 17.7. The van der Waals surface area contributed by atoms with Gasteiger partial charge in [-0.25, -0.2) is 0 Å². The van der Waals surface area contributed by atoms with Crippen LogP contribution in [0.3, 0.4) is 0 Å². The van der Waals surface area contributed by atoms with Gasteiger partial charge in [0.25, 0.3) is 0 Å². The zero-order chi connectivity index (χ0) is 21.5. The normalized spacial score (nSPS) is 31.4. The van der Waals surface area contributed by atoms with Gasteiger partial charge in [-0.1, -0.05) is 42.5 Å². The fourth-order valence-electron chi connectivity index (χ4n) is 6.50. The van der Waals surface area contributed by atoms with Crippen molar-refractivity contribution in [1.82, 2.24) is 9.80 Å². The van der Waals surface area contributed by atoms with Crippen molar-refractivity contribution in [2.75, 3.05) is 11.9 Å². The number of fused-ring (bicyclic) bond motifs is 7. The second-order valence-electron chi connectivity index (χ2n) is 9.31. The van der Waals surface area contributed by atoms with Crippen molar-refractivity contribution in [3.8, 4) is 0 Å². The Morgan fingerprint density at radius 1 is 1.03 bits per heavy atom. The molecule has 6 rings (SSSR count). The maximum Gasteiger partial charge on any atom is 0.250 e. The van der Waals surface area contributed by atoms with E-state index in [0.29, 0.717) is 0 Å². The van der Waals surface area contributed by atoms with Crippen molar-refractivity contribution in [2.24, 2.45) is 11.8 Å². The van der Waals surface area contributed by atoms with Crippen LogP contribution >= 0.6 is 0 Å². The fraction of sp³-hybridized carbons (Fsp3) is 0.400. The molecule has 158 valence electrons. The number of carbonyl (C=O) groups is 3. The Morgan fingerprint density at radius 3 is 2.58 bits per heavy atom. The first-order chi connectivity index (χ1) is 15.0. The summed E-state index contributed by atoms with van der Waals surface area (Å²) in [7, 11) is 0. The first-order valence-electron chi connectivity index (χ1n) is 11.0. The van der Waals surface area contributed by atoms with Crippen LogP contribution in [0.25, 0.3) is 0 Å². The molecular formula is C25H25N3O3. The number of nitrogens with one attached hydrogen (secondary N) is 1. The SMILES string of the molecule is Cc1ccc2c(c1C)NC(=O)[C@]21[C@@H]2C(=O)N(Cc3ccccc3)C(=O)[C@@H]2[C@@H]2CCCN21. The molecule has 2 aromatic carbocycles. The number of imide groups is 1. The lowest BCUT2D eigenvalue weighted by Crippen LogP contribution is -2.54. The minimum atomic E-state index is -1.09. The Balaban J connectivity index is 1.51. The van der Waals surface area contributed by atoms with Gasteiger partial charge in [0.15, 0.2) is 0 Å². The third-order valence-electron chi connectivity index (χ3n) is 7.97. The fourth-order valence-corrected chi connectivity index (χ4v) is 6.50. The van der Waals surface area contributed by atoms with Gasteiger partial charge < -0.3 is 5.32 Å². The van der Waals surface area contributed by atoms with Gasteiger partial charge in [-0.15, -0.1) is 0 Å². The number of rotatable bonds is 2. The van der Waals surface area contributed by atoms with Crippen molar-refractivity contribution in [3.05, 3.63) is 64.7 Å². The average Bonchev–Trinajstić information content (AvgIpc) is 3.47. The molecule has 0 radical (unpaired) electrons. The summed E-state index contributed by atoms with van der Waals surface area (Å²) in [6, 6.07) is 13.5. The number of anilines is 1. The number of aryl methyl sites for hydroxylation is 1. The van der Waals surface area contributed by atoms with Gasteiger partial charge in [0.05, 0.1) is 18.4 Å². The average molecular weight is 415 g/mol. The van der Waals surface area contributed by atoms with Crippen molar-refractivity contribution < 1.29 is 14.4 Å². The standard InChI is InChI=1S/C25H25N3O3/c1-14-10-11-17-21(15(14)2)26-24(31)25(17)20-19(18-9-6-12-28(18)25)22(29)27(23(20)30)13-16-7-4-3-5-8-16/h3-5,7-8,10-11,18-20H,6,9,12-13H2,1-2H3,(H,26,31)/t18-,19+,20-,25+/m0/s1. The molecule has 31 heavy (non-hydrogen) atoms. The number of carbonyl (C=O) groups excluding carboxylic acids is 3. The summed E-state index contributed by atoms with van der Waals surface area (Å²) in [5, 5.41) is 3.10. The van der Waals surface area contributed by atoms with Gasteiger partial charge in [0.2, 0.25) is 17.7 Å².